The first-order valence-electron chi connectivity index (χ1n) is 7.80. The van der Waals surface area contributed by atoms with Crippen LogP contribution in [-0.2, 0) is 11.2 Å². The quantitative estimate of drug-likeness (QED) is 0.769. The van der Waals surface area contributed by atoms with Crippen LogP contribution >= 0.6 is 15.9 Å². The molecule has 0 aliphatic carbocycles. The van der Waals surface area contributed by atoms with E-state index in [0.29, 0.717) is 0 Å². The van der Waals surface area contributed by atoms with Crippen LogP contribution in [0, 0.1) is 0 Å². The zero-order valence-electron chi connectivity index (χ0n) is 13.3. The summed E-state index contributed by atoms with van der Waals surface area (Å²) in [5.41, 5.74) is 4.45. The molecule has 0 N–H and O–H groups in total. The Morgan fingerprint density at radius 1 is 1.17 bits per heavy atom. The lowest BCUT2D eigenvalue weighted by molar-refractivity contribution is -0.130. The molecule has 0 saturated heterocycles. The van der Waals surface area contributed by atoms with Gasteiger partial charge in [-0.1, -0.05) is 59.3 Å². The molecule has 2 aromatic rings. The number of carbonyl (C=O) groups is 1. The number of hydrogen-bond acceptors (Lipinski definition) is 2. The summed E-state index contributed by atoms with van der Waals surface area (Å²) in [4.78, 5) is 12.0. The Morgan fingerprint density at radius 3 is 2.39 bits per heavy atom. The van der Waals surface area contributed by atoms with E-state index in [1.165, 1.54) is 5.56 Å². The average molecular weight is 371 g/mol. The van der Waals surface area contributed by atoms with Gasteiger partial charge in [0, 0.05) is 17.8 Å². The fourth-order valence-electron chi connectivity index (χ4n) is 2.85. The van der Waals surface area contributed by atoms with Gasteiger partial charge in [0.15, 0.2) is 0 Å². The second-order valence-corrected chi connectivity index (χ2v) is 6.65. The van der Waals surface area contributed by atoms with Crippen molar-refractivity contribution in [2.75, 3.05) is 0 Å². The predicted molar refractivity (Wildman–Crippen MR) is 96.4 cm³/mol. The van der Waals surface area contributed by atoms with Gasteiger partial charge in [0.25, 0.3) is 0 Å². The molecule has 2 aromatic carbocycles. The van der Waals surface area contributed by atoms with Crippen molar-refractivity contribution in [2.24, 2.45) is 5.10 Å². The predicted octanol–water partition coefficient (Wildman–Crippen LogP) is 4.71. The lowest BCUT2D eigenvalue weighted by Gasteiger charge is -2.20. The topological polar surface area (TPSA) is 32.7 Å². The first-order valence-corrected chi connectivity index (χ1v) is 8.60. The number of hydrazone groups is 1. The van der Waals surface area contributed by atoms with Crippen LogP contribution in [0.4, 0.5) is 0 Å². The van der Waals surface area contributed by atoms with Crippen LogP contribution in [0.25, 0.3) is 0 Å². The monoisotopic (exact) mass is 370 g/mol. The van der Waals surface area contributed by atoms with E-state index in [4.69, 9.17) is 0 Å². The van der Waals surface area contributed by atoms with Gasteiger partial charge in [0.2, 0.25) is 5.91 Å². The number of hydrogen-bond donors (Lipinski definition) is 0. The third-order valence-electron chi connectivity index (χ3n) is 4.18. The fraction of sp³-hybridized carbons (Fsp3) is 0.263. The van der Waals surface area contributed by atoms with Crippen LogP contribution in [0.3, 0.4) is 0 Å². The lowest BCUT2D eigenvalue weighted by atomic mass is 9.97. The summed E-state index contributed by atoms with van der Waals surface area (Å²) in [7, 11) is 0. The Balaban J connectivity index is 1.90. The summed E-state index contributed by atoms with van der Waals surface area (Å²) >= 11 is 3.45. The normalized spacial score (nSPS) is 17.3. The van der Waals surface area contributed by atoms with Gasteiger partial charge in [0.1, 0.15) is 0 Å². The highest BCUT2D eigenvalue weighted by molar-refractivity contribution is 9.10. The molecule has 4 heteroatoms. The largest absolute Gasteiger partial charge is 0.273 e. The van der Waals surface area contributed by atoms with E-state index in [9.17, 15) is 4.79 Å². The Labute approximate surface area is 145 Å². The standard InChI is InChI=1S/C19H19BrN2O/c1-3-14-4-6-16(7-5-14)19-12-18(21-22(19)13(2)23)15-8-10-17(20)11-9-15/h4-11,19H,3,12H2,1-2H3. The van der Waals surface area contributed by atoms with E-state index >= 15 is 0 Å². The summed E-state index contributed by atoms with van der Waals surface area (Å²) in [6.07, 6.45) is 1.76. The molecule has 23 heavy (non-hydrogen) atoms. The van der Waals surface area contributed by atoms with Gasteiger partial charge in [-0.05, 0) is 35.2 Å². The molecular weight excluding hydrogens is 352 g/mol. The van der Waals surface area contributed by atoms with E-state index in [-0.39, 0.29) is 11.9 Å². The molecule has 0 aromatic heterocycles. The second-order valence-electron chi connectivity index (χ2n) is 5.73. The second kappa shape index (κ2) is 6.67. The molecule has 0 fully saturated rings. The molecule has 1 heterocycles. The summed E-state index contributed by atoms with van der Waals surface area (Å²) in [6, 6.07) is 16.5. The van der Waals surface area contributed by atoms with Gasteiger partial charge >= 0.3 is 0 Å². The van der Waals surface area contributed by atoms with Gasteiger partial charge in [0.05, 0.1) is 11.8 Å². The number of benzene rings is 2. The number of carbonyl (C=O) groups excluding carboxylic acids is 1. The number of aryl methyl sites for hydroxylation is 1. The summed E-state index contributed by atoms with van der Waals surface area (Å²) in [5, 5.41) is 6.18. The van der Waals surface area contributed by atoms with Crippen LogP contribution in [0.15, 0.2) is 58.1 Å². The van der Waals surface area contributed by atoms with E-state index in [2.05, 4.69) is 52.2 Å². The SMILES string of the molecule is CCc1ccc(C2CC(c3ccc(Br)cc3)=NN2C(C)=O)cc1. The maximum atomic E-state index is 12.0. The third-order valence-corrected chi connectivity index (χ3v) is 4.71. The molecule has 1 amide bonds. The maximum absolute atomic E-state index is 12.0. The van der Waals surface area contributed by atoms with Gasteiger partial charge in [-0.25, -0.2) is 5.01 Å². The number of amides is 1. The van der Waals surface area contributed by atoms with Crippen LogP contribution < -0.4 is 0 Å². The smallest absolute Gasteiger partial charge is 0.240 e. The molecule has 0 radical (unpaired) electrons. The highest BCUT2D eigenvalue weighted by Gasteiger charge is 2.31. The Morgan fingerprint density at radius 2 is 1.83 bits per heavy atom. The molecule has 0 saturated carbocycles. The molecule has 0 bridgehead atoms. The van der Waals surface area contributed by atoms with Gasteiger partial charge in [-0.2, -0.15) is 5.10 Å². The zero-order valence-corrected chi connectivity index (χ0v) is 14.9. The van der Waals surface area contributed by atoms with E-state index < -0.39 is 0 Å². The molecule has 1 aliphatic rings. The molecule has 3 rings (SSSR count). The molecule has 1 atom stereocenters. The van der Waals surface area contributed by atoms with Crippen molar-refractivity contribution in [1.82, 2.24) is 5.01 Å². The third kappa shape index (κ3) is 3.37. The van der Waals surface area contributed by atoms with Crippen molar-refractivity contribution < 1.29 is 4.79 Å². The molecule has 1 aliphatic heterocycles. The first-order chi connectivity index (χ1) is 11.1. The van der Waals surface area contributed by atoms with Gasteiger partial charge in [-0.3, -0.25) is 4.79 Å². The highest BCUT2D eigenvalue weighted by atomic mass is 79.9. The first kappa shape index (κ1) is 15.9. The Kier molecular flexibility index (Phi) is 4.62. The minimum atomic E-state index is -0.0262. The Bertz CT molecular complexity index is 735. The van der Waals surface area contributed by atoms with Crippen molar-refractivity contribution in [3.63, 3.8) is 0 Å². The van der Waals surface area contributed by atoms with Crippen LogP contribution in [0.2, 0.25) is 0 Å². The zero-order chi connectivity index (χ0) is 16.4. The summed E-state index contributed by atoms with van der Waals surface area (Å²) in [5.74, 6) is -0.0262. The van der Waals surface area contributed by atoms with Crippen molar-refractivity contribution in [3.8, 4) is 0 Å². The minimum Gasteiger partial charge on any atom is -0.273 e. The van der Waals surface area contributed by atoms with Crippen molar-refractivity contribution >= 4 is 27.5 Å². The van der Waals surface area contributed by atoms with Gasteiger partial charge in [-0.15, -0.1) is 0 Å². The van der Waals surface area contributed by atoms with E-state index in [0.717, 1.165) is 34.2 Å². The fourth-order valence-corrected chi connectivity index (χ4v) is 3.12. The van der Waals surface area contributed by atoms with Crippen LogP contribution in [0.1, 0.15) is 43.0 Å². The van der Waals surface area contributed by atoms with Crippen molar-refractivity contribution in [2.45, 2.75) is 32.7 Å². The van der Waals surface area contributed by atoms with E-state index in [1.54, 1.807) is 11.9 Å². The summed E-state index contributed by atoms with van der Waals surface area (Å²) in [6.45, 7) is 3.71. The van der Waals surface area contributed by atoms with Gasteiger partial charge < -0.3 is 0 Å². The molecule has 0 spiro atoms. The highest BCUT2D eigenvalue weighted by Crippen LogP contribution is 2.33. The number of rotatable bonds is 3. The minimum absolute atomic E-state index is 0.0166. The lowest BCUT2D eigenvalue weighted by Crippen LogP contribution is -2.24. The Hall–Kier alpha value is -1.94. The molecule has 3 nitrogen and oxygen atoms in total. The number of halogens is 1. The van der Waals surface area contributed by atoms with Crippen LogP contribution in [-0.4, -0.2) is 16.6 Å². The molecule has 118 valence electrons. The number of nitrogens with zero attached hydrogens (tertiary/aromatic N) is 2. The summed E-state index contributed by atoms with van der Waals surface area (Å²) < 4.78 is 1.04. The van der Waals surface area contributed by atoms with Crippen molar-refractivity contribution in [3.05, 3.63) is 69.7 Å². The average Bonchev–Trinajstić information content (AvgIpc) is 3.01. The maximum Gasteiger partial charge on any atom is 0.240 e. The van der Waals surface area contributed by atoms with Crippen LogP contribution in [0.5, 0.6) is 0 Å². The molecular formula is C19H19BrN2O. The van der Waals surface area contributed by atoms with Crippen molar-refractivity contribution in [1.29, 1.82) is 0 Å². The van der Waals surface area contributed by atoms with E-state index in [1.807, 2.05) is 24.3 Å². The molecule has 1 unspecified atom stereocenters.